The van der Waals surface area contributed by atoms with Crippen molar-refractivity contribution in [2.75, 3.05) is 5.75 Å². The molecule has 0 heterocycles. The van der Waals surface area contributed by atoms with E-state index in [-0.39, 0.29) is 0 Å². The van der Waals surface area contributed by atoms with E-state index in [1.807, 2.05) is 0 Å². The lowest BCUT2D eigenvalue weighted by atomic mass is 9.99. The van der Waals surface area contributed by atoms with Gasteiger partial charge >= 0.3 is 0 Å². The van der Waals surface area contributed by atoms with Crippen molar-refractivity contribution in [3.63, 3.8) is 0 Å². The number of unbranched alkanes of at least 4 members (excludes halogenated alkanes) is 9. The van der Waals surface area contributed by atoms with Gasteiger partial charge in [-0.2, -0.15) is 12.6 Å². The lowest BCUT2D eigenvalue weighted by Crippen LogP contribution is -1.99. The van der Waals surface area contributed by atoms with Crippen LogP contribution in [0, 0.1) is 5.92 Å². The standard InChI is InChI=1S/C16H34S/c1-3-5-6-7-8-9-10-11-12-13-14-16(4-2)15-17/h16-17H,3-15H2,1-2H3. The molecule has 1 heteroatoms. The van der Waals surface area contributed by atoms with E-state index in [0.717, 1.165) is 11.7 Å². The number of hydrogen-bond acceptors (Lipinski definition) is 1. The molecule has 0 fully saturated rings. The minimum Gasteiger partial charge on any atom is -0.179 e. The van der Waals surface area contributed by atoms with Gasteiger partial charge < -0.3 is 0 Å². The topological polar surface area (TPSA) is 0 Å². The van der Waals surface area contributed by atoms with Crippen molar-refractivity contribution in [1.29, 1.82) is 0 Å². The highest BCUT2D eigenvalue weighted by Crippen LogP contribution is 2.16. The van der Waals surface area contributed by atoms with Crippen LogP contribution in [0.2, 0.25) is 0 Å². The van der Waals surface area contributed by atoms with Crippen molar-refractivity contribution in [3.8, 4) is 0 Å². The minimum absolute atomic E-state index is 0.868. The average Bonchev–Trinajstić information content (AvgIpc) is 2.36. The molecule has 0 spiro atoms. The Labute approximate surface area is 115 Å². The average molecular weight is 259 g/mol. The lowest BCUT2D eigenvalue weighted by Gasteiger charge is -2.10. The summed E-state index contributed by atoms with van der Waals surface area (Å²) in [4.78, 5) is 0. The fraction of sp³-hybridized carbons (Fsp3) is 1.00. The van der Waals surface area contributed by atoms with E-state index in [0.29, 0.717) is 0 Å². The van der Waals surface area contributed by atoms with E-state index in [1.54, 1.807) is 0 Å². The predicted molar refractivity (Wildman–Crippen MR) is 84.1 cm³/mol. The van der Waals surface area contributed by atoms with Crippen LogP contribution in [0.25, 0.3) is 0 Å². The van der Waals surface area contributed by atoms with Crippen LogP contribution in [0.5, 0.6) is 0 Å². The van der Waals surface area contributed by atoms with Crippen molar-refractivity contribution in [2.45, 2.75) is 90.9 Å². The zero-order valence-electron chi connectivity index (χ0n) is 12.2. The number of hydrogen-bond donors (Lipinski definition) is 1. The summed E-state index contributed by atoms with van der Waals surface area (Å²) >= 11 is 4.39. The Bertz CT molecular complexity index is 129. The molecular weight excluding hydrogens is 224 g/mol. The van der Waals surface area contributed by atoms with Gasteiger partial charge in [0, 0.05) is 0 Å². The second kappa shape index (κ2) is 14.4. The molecule has 0 radical (unpaired) electrons. The van der Waals surface area contributed by atoms with Crippen LogP contribution in [0.1, 0.15) is 90.9 Å². The van der Waals surface area contributed by atoms with Crippen molar-refractivity contribution >= 4 is 12.6 Å². The Morgan fingerprint density at radius 2 is 1.18 bits per heavy atom. The third kappa shape index (κ3) is 12.6. The molecule has 0 N–H and O–H groups in total. The molecule has 0 aliphatic heterocycles. The quantitative estimate of drug-likeness (QED) is 0.293. The molecule has 1 unspecified atom stereocenters. The molecule has 0 aliphatic rings. The van der Waals surface area contributed by atoms with Crippen LogP contribution in [0.3, 0.4) is 0 Å². The van der Waals surface area contributed by atoms with Crippen molar-refractivity contribution in [2.24, 2.45) is 5.92 Å². The molecule has 0 aromatic rings. The van der Waals surface area contributed by atoms with Crippen molar-refractivity contribution in [3.05, 3.63) is 0 Å². The van der Waals surface area contributed by atoms with Crippen LogP contribution < -0.4 is 0 Å². The minimum atomic E-state index is 0.868. The van der Waals surface area contributed by atoms with Crippen LogP contribution in [0.15, 0.2) is 0 Å². The van der Waals surface area contributed by atoms with Crippen LogP contribution in [0.4, 0.5) is 0 Å². The van der Waals surface area contributed by atoms with Gasteiger partial charge in [0.1, 0.15) is 0 Å². The fourth-order valence-electron chi connectivity index (χ4n) is 2.34. The molecule has 0 rings (SSSR count). The molecular formula is C16H34S. The van der Waals surface area contributed by atoms with Gasteiger partial charge in [0.15, 0.2) is 0 Å². The lowest BCUT2D eigenvalue weighted by molar-refractivity contribution is 0.475. The summed E-state index contributed by atoms with van der Waals surface area (Å²) in [6.45, 7) is 4.57. The Hall–Kier alpha value is 0.350. The third-order valence-electron chi connectivity index (χ3n) is 3.80. The van der Waals surface area contributed by atoms with Gasteiger partial charge in [-0.15, -0.1) is 0 Å². The molecule has 0 aromatic carbocycles. The second-order valence-electron chi connectivity index (χ2n) is 5.43. The highest BCUT2D eigenvalue weighted by Gasteiger charge is 2.02. The summed E-state index contributed by atoms with van der Waals surface area (Å²) < 4.78 is 0. The molecule has 104 valence electrons. The molecule has 0 saturated carbocycles. The van der Waals surface area contributed by atoms with Crippen molar-refractivity contribution in [1.82, 2.24) is 0 Å². The molecule has 0 amide bonds. The number of rotatable bonds is 13. The normalized spacial score (nSPS) is 12.9. The SMILES string of the molecule is CCCCCCCCCCCCC(CC)CS. The van der Waals surface area contributed by atoms with Gasteiger partial charge in [-0.1, -0.05) is 84.5 Å². The zero-order valence-corrected chi connectivity index (χ0v) is 13.1. The van der Waals surface area contributed by atoms with Gasteiger partial charge in [0.05, 0.1) is 0 Å². The van der Waals surface area contributed by atoms with Gasteiger partial charge in [-0.05, 0) is 18.1 Å². The summed E-state index contributed by atoms with van der Waals surface area (Å²) in [5.74, 6) is 1.95. The Morgan fingerprint density at radius 1 is 0.706 bits per heavy atom. The van der Waals surface area contributed by atoms with E-state index in [1.165, 1.54) is 77.0 Å². The van der Waals surface area contributed by atoms with E-state index >= 15 is 0 Å². The number of thiol groups is 1. The van der Waals surface area contributed by atoms with Crippen LogP contribution in [-0.4, -0.2) is 5.75 Å². The molecule has 0 bridgehead atoms. The largest absolute Gasteiger partial charge is 0.179 e. The first-order chi connectivity index (χ1) is 8.35. The maximum absolute atomic E-state index is 4.39. The van der Waals surface area contributed by atoms with E-state index < -0.39 is 0 Å². The Morgan fingerprint density at radius 3 is 1.59 bits per heavy atom. The summed E-state index contributed by atoms with van der Waals surface area (Å²) in [6, 6.07) is 0. The molecule has 0 nitrogen and oxygen atoms in total. The molecule has 0 aliphatic carbocycles. The van der Waals surface area contributed by atoms with Crippen LogP contribution >= 0.6 is 12.6 Å². The summed E-state index contributed by atoms with van der Waals surface area (Å²) in [6.07, 6.45) is 17.1. The maximum Gasteiger partial charge on any atom is -0.00696 e. The summed E-state index contributed by atoms with van der Waals surface area (Å²) in [7, 11) is 0. The highest BCUT2D eigenvalue weighted by atomic mass is 32.1. The smallest absolute Gasteiger partial charge is 0.00696 e. The molecule has 0 saturated heterocycles. The molecule has 1 atom stereocenters. The zero-order chi connectivity index (χ0) is 12.8. The first-order valence-electron chi connectivity index (χ1n) is 7.96. The Balaban J connectivity index is 3.03. The van der Waals surface area contributed by atoms with Gasteiger partial charge in [0.25, 0.3) is 0 Å². The summed E-state index contributed by atoms with van der Waals surface area (Å²) in [5, 5.41) is 0. The second-order valence-corrected chi connectivity index (χ2v) is 5.79. The maximum atomic E-state index is 4.39. The van der Waals surface area contributed by atoms with Crippen molar-refractivity contribution < 1.29 is 0 Å². The monoisotopic (exact) mass is 258 g/mol. The van der Waals surface area contributed by atoms with Gasteiger partial charge in [0.2, 0.25) is 0 Å². The van der Waals surface area contributed by atoms with Gasteiger partial charge in [-0.3, -0.25) is 0 Å². The summed E-state index contributed by atoms with van der Waals surface area (Å²) in [5.41, 5.74) is 0. The van der Waals surface area contributed by atoms with Crippen LogP contribution in [-0.2, 0) is 0 Å². The molecule has 0 aromatic heterocycles. The fourth-order valence-corrected chi connectivity index (χ4v) is 2.79. The van der Waals surface area contributed by atoms with E-state index in [9.17, 15) is 0 Å². The van der Waals surface area contributed by atoms with Gasteiger partial charge in [-0.25, -0.2) is 0 Å². The first kappa shape index (κ1) is 17.4. The highest BCUT2D eigenvalue weighted by molar-refractivity contribution is 7.80. The molecule has 17 heavy (non-hydrogen) atoms. The van der Waals surface area contributed by atoms with E-state index in [2.05, 4.69) is 26.5 Å². The predicted octanol–water partition coefficient (Wildman–Crippen LogP) is 6.25. The van der Waals surface area contributed by atoms with E-state index in [4.69, 9.17) is 0 Å². The first-order valence-corrected chi connectivity index (χ1v) is 8.59. The third-order valence-corrected chi connectivity index (χ3v) is 4.32. The Kier molecular flexibility index (Phi) is 14.7.